The lowest BCUT2D eigenvalue weighted by Crippen LogP contribution is -2.31. The molecule has 0 radical (unpaired) electrons. The van der Waals surface area contributed by atoms with Gasteiger partial charge in [-0.25, -0.2) is 0 Å². The lowest BCUT2D eigenvalue weighted by Gasteiger charge is -2.17. The molecular formula is C15H30N2O3. The van der Waals surface area contributed by atoms with E-state index in [-0.39, 0.29) is 18.2 Å². The van der Waals surface area contributed by atoms with E-state index in [0.29, 0.717) is 25.4 Å². The number of nitrogens with one attached hydrogen (secondary N) is 1. The molecule has 0 aliphatic carbocycles. The quantitative estimate of drug-likeness (QED) is 0.512. The molecule has 0 bridgehead atoms. The number of hydrogen-bond acceptors (Lipinski definition) is 3. The molecule has 0 fully saturated rings. The van der Waals surface area contributed by atoms with Gasteiger partial charge in [0.25, 0.3) is 0 Å². The molecule has 0 heterocycles. The van der Waals surface area contributed by atoms with Gasteiger partial charge in [0.2, 0.25) is 5.91 Å². The molecule has 20 heavy (non-hydrogen) atoms. The van der Waals surface area contributed by atoms with E-state index in [2.05, 4.69) is 12.2 Å². The number of carbonyl (C=O) groups is 2. The first-order valence-corrected chi connectivity index (χ1v) is 7.70. The van der Waals surface area contributed by atoms with Gasteiger partial charge in [0, 0.05) is 18.9 Å². The van der Waals surface area contributed by atoms with Crippen molar-refractivity contribution >= 4 is 11.9 Å². The van der Waals surface area contributed by atoms with Gasteiger partial charge in [0.05, 0.1) is 0 Å². The Morgan fingerprint density at radius 3 is 2.45 bits per heavy atom. The third kappa shape index (κ3) is 9.78. The van der Waals surface area contributed by atoms with Crippen LogP contribution in [0.2, 0.25) is 0 Å². The fraction of sp³-hybridized carbons (Fsp3) is 0.867. The molecule has 0 aliphatic heterocycles. The lowest BCUT2D eigenvalue weighted by molar-refractivity contribution is -0.137. The Morgan fingerprint density at radius 1 is 1.20 bits per heavy atom. The fourth-order valence-corrected chi connectivity index (χ4v) is 2.30. The van der Waals surface area contributed by atoms with E-state index in [1.807, 2.05) is 6.92 Å². The van der Waals surface area contributed by atoms with Crippen molar-refractivity contribution in [1.29, 1.82) is 0 Å². The topological polar surface area (TPSA) is 92.4 Å². The number of carbonyl (C=O) groups excluding carboxylic acids is 1. The van der Waals surface area contributed by atoms with Crippen LogP contribution < -0.4 is 11.1 Å². The van der Waals surface area contributed by atoms with E-state index in [1.54, 1.807) is 0 Å². The van der Waals surface area contributed by atoms with Crippen LogP contribution in [0.25, 0.3) is 0 Å². The predicted octanol–water partition coefficient (Wildman–Crippen LogP) is 2.15. The van der Waals surface area contributed by atoms with Crippen molar-refractivity contribution in [1.82, 2.24) is 5.32 Å². The molecular weight excluding hydrogens is 256 g/mol. The van der Waals surface area contributed by atoms with Crippen LogP contribution in [0.3, 0.4) is 0 Å². The minimum atomic E-state index is -0.745. The number of hydrogen-bond donors (Lipinski definition) is 3. The molecule has 0 aliphatic rings. The van der Waals surface area contributed by atoms with Gasteiger partial charge in [0.1, 0.15) is 0 Å². The average Bonchev–Trinajstić information content (AvgIpc) is 2.41. The Hall–Kier alpha value is -1.10. The number of rotatable bonds is 12. The predicted molar refractivity (Wildman–Crippen MR) is 80.3 cm³/mol. The van der Waals surface area contributed by atoms with Crippen molar-refractivity contribution in [3.63, 3.8) is 0 Å². The first kappa shape index (κ1) is 18.9. The molecule has 5 heteroatoms. The van der Waals surface area contributed by atoms with Gasteiger partial charge < -0.3 is 16.2 Å². The standard InChI is InChI=1S/C15H30N2O3/c1-3-5-13(7-8-14(18)19)9-11-17-15(20)12(2)6-4-10-16/h12-13H,3-11,16H2,1-2H3,(H,17,20)(H,18,19). The molecule has 2 atom stereocenters. The second-order valence-corrected chi connectivity index (χ2v) is 5.50. The maximum Gasteiger partial charge on any atom is 0.303 e. The molecule has 4 N–H and O–H groups in total. The molecule has 0 spiro atoms. The van der Waals surface area contributed by atoms with Crippen molar-refractivity contribution in [3.05, 3.63) is 0 Å². The molecule has 0 saturated carbocycles. The van der Waals surface area contributed by atoms with Gasteiger partial charge >= 0.3 is 5.97 Å². The van der Waals surface area contributed by atoms with Gasteiger partial charge in [0.15, 0.2) is 0 Å². The third-order valence-corrected chi connectivity index (χ3v) is 3.60. The highest BCUT2D eigenvalue weighted by molar-refractivity contribution is 5.78. The summed E-state index contributed by atoms with van der Waals surface area (Å²) in [5.74, 6) is -0.282. The SMILES string of the molecule is CCCC(CCNC(=O)C(C)CCCN)CCC(=O)O. The number of amides is 1. The van der Waals surface area contributed by atoms with Crippen molar-refractivity contribution in [2.75, 3.05) is 13.1 Å². The molecule has 5 nitrogen and oxygen atoms in total. The van der Waals surface area contributed by atoms with E-state index >= 15 is 0 Å². The number of aliphatic carboxylic acids is 1. The molecule has 0 rings (SSSR count). The van der Waals surface area contributed by atoms with E-state index < -0.39 is 5.97 Å². The first-order chi connectivity index (χ1) is 9.51. The highest BCUT2D eigenvalue weighted by atomic mass is 16.4. The minimum absolute atomic E-state index is 0.00203. The van der Waals surface area contributed by atoms with Crippen LogP contribution in [-0.2, 0) is 9.59 Å². The first-order valence-electron chi connectivity index (χ1n) is 7.70. The molecule has 0 aromatic carbocycles. The third-order valence-electron chi connectivity index (χ3n) is 3.60. The Labute approximate surface area is 122 Å². The van der Waals surface area contributed by atoms with Gasteiger partial charge in [-0.05, 0) is 38.1 Å². The van der Waals surface area contributed by atoms with Crippen LogP contribution in [-0.4, -0.2) is 30.1 Å². The number of nitrogens with two attached hydrogens (primary N) is 1. The monoisotopic (exact) mass is 286 g/mol. The van der Waals surface area contributed by atoms with E-state index in [4.69, 9.17) is 10.8 Å². The van der Waals surface area contributed by atoms with Crippen molar-refractivity contribution in [3.8, 4) is 0 Å². The summed E-state index contributed by atoms with van der Waals surface area (Å²) in [6.07, 6.45) is 5.52. The average molecular weight is 286 g/mol. The fourth-order valence-electron chi connectivity index (χ4n) is 2.30. The summed E-state index contributed by atoms with van der Waals surface area (Å²) in [6, 6.07) is 0. The lowest BCUT2D eigenvalue weighted by atomic mass is 9.94. The zero-order valence-electron chi connectivity index (χ0n) is 12.9. The number of carboxylic acid groups (broad SMARTS) is 1. The Morgan fingerprint density at radius 2 is 1.90 bits per heavy atom. The molecule has 0 aromatic heterocycles. The van der Waals surface area contributed by atoms with Crippen LogP contribution in [0.4, 0.5) is 0 Å². The highest BCUT2D eigenvalue weighted by Gasteiger charge is 2.14. The van der Waals surface area contributed by atoms with E-state index in [1.165, 1.54) is 0 Å². The molecule has 2 unspecified atom stereocenters. The minimum Gasteiger partial charge on any atom is -0.481 e. The summed E-state index contributed by atoms with van der Waals surface area (Å²) in [5, 5.41) is 11.7. The van der Waals surface area contributed by atoms with Gasteiger partial charge in [-0.15, -0.1) is 0 Å². The molecule has 0 aromatic rings. The Balaban J connectivity index is 3.91. The van der Waals surface area contributed by atoms with E-state index in [0.717, 1.165) is 32.1 Å². The maximum absolute atomic E-state index is 11.8. The van der Waals surface area contributed by atoms with Crippen LogP contribution in [0, 0.1) is 11.8 Å². The number of carboxylic acids is 1. The zero-order valence-corrected chi connectivity index (χ0v) is 12.9. The normalized spacial score (nSPS) is 13.8. The summed E-state index contributed by atoms with van der Waals surface area (Å²) in [5.41, 5.74) is 5.43. The highest BCUT2D eigenvalue weighted by Crippen LogP contribution is 2.17. The maximum atomic E-state index is 11.8. The van der Waals surface area contributed by atoms with E-state index in [9.17, 15) is 9.59 Å². The molecule has 1 amide bonds. The Kier molecular flexibility index (Phi) is 11.1. The van der Waals surface area contributed by atoms with Gasteiger partial charge in [-0.2, -0.15) is 0 Å². The zero-order chi connectivity index (χ0) is 15.4. The van der Waals surface area contributed by atoms with Crippen molar-refractivity contribution in [2.45, 2.75) is 58.8 Å². The summed E-state index contributed by atoms with van der Waals surface area (Å²) in [7, 11) is 0. The van der Waals surface area contributed by atoms with Crippen LogP contribution >= 0.6 is 0 Å². The van der Waals surface area contributed by atoms with Crippen LogP contribution in [0.1, 0.15) is 58.8 Å². The summed E-state index contributed by atoms with van der Waals surface area (Å²) in [4.78, 5) is 22.4. The van der Waals surface area contributed by atoms with Gasteiger partial charge in [-0.1, -0.05) is 26.7 Å². The smallest absolute Gasteiger partial charge is 0.303 e. The van der Waals surface area contributed by atoms with Crippen LogP contribution in [0.15, 0.2) is 0 Å². The molecule has 0 saturated heterocycles. The second-order valence-electron chi connectivity index (χ2n) is 5.50. The molecule has 118 valence electrons. The summed E-state index contributed by atoms with van der Waals surface area (Å²) in [6.45, 7) is 5.27. The Bertz CT molecular complexity index is 282. The second kappa shape index (κ2) is 11.7. The van der Waals surface area contributed by atoms with Gasteiger partial charge in [-0.3, -0.25) is 9.59 Å². The van der Waals surface area contributed by atoms with Crippen molar-refractivity contribution < 1.29 is 14.7 Å². The van der Waals surface area contributed by atoms with Crippen molar-refractivity contribution in [2.24, 2.45) is 17.6 Å². The largest absolute Gasteiger partial charge is 0.481 e. The summed E-state index contributed by atoms with van der Waals surface area (Å²) >= 11 is 0. The van der Waals surface area contributed by atoms with Crippen LogP contribution in [0.5, 0.6) is 0 Å². The summed E-state index contributed by atoms with van der Waals surface area (Å²) < 4.78 is 0.